The van der Waals surface area contributed by atoms with E-state index in [1.165, 1.54) is 24.3 Å². The molecule has 0 aromatic heterocycles. The summed E-state index contributed by atoms with van der Waals surface area (Å²) in [7, 11) is -7.60. The Bertz CT molecular complexity index is 983. The Morgan fingerprint density at radius 1 is 0.636 bits per heavy atom. The highest BCUT2D eigenvalue weighted by Crippen LogP contribution is 2.17. The van der Waals surface area contributed by atoms with E-state index in [4.69, 9.17) is 4.74 Å². The van der Waals surface area contributed by atoms with Gasteiger partial charge in [-0.2, -0.15) is 8.61 Å². The number of ether oxygens (including phenoxy) is 1. The number of rotatable bonds is 14. The Morgan fingerprint density at radius 3 is 1.27 bits per heavy atom. The van der Waals surface area contributed by atoms with E-state index in [0.717, 1.165) is 19.7 Å². The molecule has 0 saturated carbocycles. The highest BCUT2D eigenvalue weighted by Gasteiger charge is 2.25. The van der Waals surface area contributed by atoms with Crippen molar-refractivity contribution in [1.29, 1.82) is 0 Å². The van der Waals surface area contributed by atoms with Crippen LogP contribution < -0.4 is 0 Å². The lowest BCUT2D eigenvalue weighted by Gasteiger charge is -2.23. The van der Waals surface area contributed by atoms with E-state index in [0.29, 0.717) is 0 Å². The van der Waals surface area contributed by atoms with Crippen LogP contribution >= 0.6 is 0 Å². The van der Waals surface area contributed by atoms with Crippen LogP contribution in [0.2, 0.25) is 0 Å². The van der Waals surface area contributed by atoms with Gasteiger partial charge in [0, 0.05) is 26.2 Å². The van der Waals surface area contributed by atoms with Crippen molar-refractivity contribution in [2.45, 2.75) is 23.6 Å². The highest BCUT2D eigenvalue weighted by atomic mass is 32.2. The summed E-state index contributed by atoms with van der Waals surface area (Å²) in [5, 5.41) is 18.6. The van der Waals surface area contributed by atoms with E-state index in [9.17, 15) is 27.0 Å². The molecule has 184 valence electrons. The van der Waals surface area contributed by atoms with E-state index < -0.39 is 20.0 Å². The smallest absolute Gasteiger partial charge is 0.243 e. The van der Waals surface area contributed by atoms with Crippen molar-refractivity contribution in [3.8, 4) is 0 Å². The molecule has 0 amide bonds. The van der Waals surface area contributed by atoms with Crippen molar-refractivity contribution in [2.75, 3.05) is 52.6 Å². The zero-order valence-electron chi connectivity index (χ0n) is 18.9. The molecule has 0 aliphatic carbocycles. The van der Waals surface area contributed by atoms with Crippen molar-refractivity contribution in [2.24, 2.45) is 0 Å². The first kappa shape index (κ1) is 27.4. The molecule has 2 rings (SSSR count). The maximum atomic E-state index is 12.8. The fraction of sp³-hybridized carbons (Fsp3) is 0.455. The van der Waals surface area contributed by atoms with Gasteiger partial charge in [-0.25, -0.2) is 16.8 Å². The minimum atomic E-state index is -3.80. The number of nitrogens with zero attached hydrogens (tertiary/aromatic N) is 2. The predicted molar refractivity (Wildman–Crippen MR) is 125 cm³/mol. The lowest BCUT2D eigenvalue weighted by molar-refractivity contribution is 0.106. The third-order valence-electron chi connectivity index (χ3n) is 4.99. The number of aliphatic hydroxyl groups is 2. The molecule has 0 aliphatic rings. The van der Waals surface area contributed by atoms with Gasteiger partial charge in [0.05, 0.1) is 36.2 Å². The first-order valence-corrected chi connectivity index (χ1v) is 13.4. The van der Waals surface area contributed by atoms with Crippen molar-refractivity contribution in [3.05, 3.63) is 59.7 Å². The van der Waals surface area contributed by atoms with Crippen LogP contribution in [0, 0.1) is 13.8 Å². The van der Waals surface area contributed by atoms with E-state index in [-0.39, 0.29) is 62.4 Å². The van der Waals surface area contributed by atoms with Gasteiger partial charge >= 0.3 is 0 Å². The molecule has 0 radical (unpaired) electrons. The summed E-state index contributed by atoms with van der Waals surface area (Å²) >= 11 is 0. The number of sulfonamides is 2. The summed E-state index contributed by atoms with van der Waals surface area (Å²) in [6.07, 6.45) is 0. The molecule has 0 bridgehead atoms. The molecule has 0 fully saturated rings. The number of aliphatic hydroxyl groups excluding tert-OH is 2. The number of benzene rings is 2. The average molecular weight is 501 g/mol. The standard InChI is InChI=1S/C22H32N2O7S2/c1-19-3-7-21(8-4-19)32(27,28)23(11-15-25)13-17-31-18-14-24(12-16-26)33(29,30)22-9-5-20(2)6-10-22/h3-10,25-26H,11-18H2,1-2H3. The van der Waals surface area contributed by atoms with Gasteiger partial charge in [0.2, 0.25) is 20.0 Å². The summed E-state index contributed by atoms with van der Waals surface area (Å²) in [6.45, 7) is 2.89. The predicted octanol–water partition coefficient (Wildman–Crippen LogP) is 0.986. The Labute approximate surface area is 196 Å². The molecule has 2 aromatic rings. The van der Waals surface area contributed by atoms with E-state index in [1.807, 2.05) is 13.8 Å². The molecule has 2 N–H and O–H groups in total. The normalized spacial score (nSPS) is 12.5. The number of hydrogen-bond donors (Lipinski definition) is 2. The molecule has 0 spiro atoms. The zero-order valence-corrected chi connectivity index (χ0v) is 20.6. The molecule has 9 nitrogen and oxygen atoms in total. The summed E-state index contributed by atoms with van der Waals surface area (Å²) in [4.78, 5) is 0.250. The highest BCUT2D eigenvalue weighted by molar-refractivity contribution is 7.89. The van der Waals surface area contributed by atoms with Crippen LogP contribution in [0.25, 0.3) is 0 Å². The first-order valence-electron chi connectivity index (χ1n) is 10.6. The van der Waals surface area contributed by atoms with Crippen LogP contribution in [-0.4, -0.2) is 88.3 Å². The van der Waals surface area contributed by atoms with Crippen molar-refractivity contribution in [1.82, 2.24) is 8.61 Å². The molecule has 0 saturated heterocycles. The van der Waals surface area contributed by atoms with Gasteiger partial charge in [0.25, 0.3) is 0 Å². The van der Waals surface area contributed by atoms with Crippen LogP contribution in [-0.2, 0) is 24.8 Å². The van der Waals surface area contributed by atoms with Crippen molar-refractivity contribution in [3.63, 3.8) is 0 Å². The van der Waals surface area contributed by atoms with E-state index in [1.54, 1.807) is 24.3 Å². The van der Waals surface area contributed by atoms with E-state index in [2.05, 4.69) is 0 Å². The number of aryl methyl sites for hydroxylation is 2. The van der Waals surface area contributed by atoms with Gasteiger partial charge in [-0.3, -0.25) is 0 Å². The Morgan fingerprint density at radius 2 is 0.970 bits per heavy atom. The second kappa shape index (κ2) is 12.6. The quantitative estimate of drug-likeness (QED) is 0.371. The second-order valence-electron chi connectivity index (χ2n) is 7.49. The van der Waals surface area contributed by atoms with Gasteiger partial charge < -0.3 is 14.9 Å². The third kappa shape index (κ3) is 7.57. The summed E-state index contributed by atoms with van der Waals surface area (Å²) in [6, 6.07) is 12.8. The Hall–Kier alpha value is -1.86. The Balaban J connectivity index is 1.96. The van der Waals surface area contributed by atoms with Crippen LogP contribution in [0.1, 0.15) is 11.1 Å². The molecule has 0 unspecified atom stereocenters. The third-order valence-corrected chi connectivity index (χ3v) is 8.81. The van der Waals surface area contributed by atoms with Gasteiger partial charge in [-0.1, -0.05) is 35.4 Å². The molecule has 11 heteroatoms. The molecule has 0 aliphatic heterocycles. The van der Waals surface area contributed by atoms with Crippen LogP contribution in [0.15, 0.2) is 58.3 Å². The summed E-state index contributed by atoms with van der Waals surface area (Å²) < 4.78 is 59.2. The van der Waals surface area contributed by atoms with Crippen molar-refractivity contribution < 1.29 is 31.8 Å². The van der Waals surface area contributed by atoms with Gasteiger partial charge in [-0.05, 0) is 38.1 Å². The first-order chi connectivity index (χ1) is 15.6. The van der Waals surface area contributed by atoms with Crippen LogP contribution in [0.3, 0.4) is 0 Å². The Kier molecular flexibility index (Phi) is 10.4. The monoisotopic (exact) mass is 500 g/mol. The topological polar surface area (TPSA) is 124 Å². The minimum absolute atomic E-state index is 0.00147. The molecular formula is C22H32N2O7S2. The average Bonchev–Trinajstić information content (AvgIpc) is 2.78. The summed E-state index contributed by atoms with van der Waals surface area (Å²) in [5.41, 5.74) is 1.86. The lowest BCUT2D eigenvalue weighted by atomic mass is 10.2. The maximum absolute atomic E-state index is 12.8. The molecule has 33 heavy (non-hydrogen) atoms. The van der Waals surface area contributed by atoms with Gasteiger partial charge in [0.15, 0.2) is 0 Å². The molecule has 0 atom stereocenters. The second-order valence-corrected chi connectivity index (χ2v) is 11.4. The molecule has 0 heterocycles. The number of hydrogen-bond acceptors (Lipinski definition) is 7. The zero-order chi connectivity index (χ0) is 24.5. The minimum Gasteiger partial charge on any atom is -0.395 e. The molecular weight excluding hydrogens is 468 g/mol. The van der Waals surface area contributed by atoms with E-state index >= 15 is 0 Å². The van der Waals surface area contributed by atoms with Gasteiger partial charge in [0.1, 0.15) is 0 Å². The fourth-order valence-electron chi connectivity index (χ4n) is 3.08. The van der Waals surface area contributed by atoms with Crippen molar-refractivity contribution >= 4 is 20.0 Å². The lowest BCUT2D eigenvalue weighted by Crippen LogP contribution is -2.38. The van der Waals surface area contributed by atoms with Crippen LogP contribution in [0.4, 0.5) is 0 Å². The van der Waals surface area contributed by atoms with Gasteiger partial charge in [-0.15, -0.1) is 0 Å². The van der Waals surface area contributed by atoms with Crippen LogP contribution in [0.5, 0.6) is 0 Å². The largest absolute Gasteiger partial charge is 0.395 e. The summed E-state index contributed by atoms with van der Waals surface area (Å²) in [5.74, 6) is 0. The fourth-order valence-corrected chi connectivity index (χ4v) is 5.91. The maximum Gasteiger partial charge on any atom is 0.243 e. The SMILES string of the molecule is Cc1ccc(S(=O)(=O)N(CCO)CCOCCN(CCO)S(=O)(=O)c2ccc(C)cc2)cc1. The molecule has 2 aromatic carbocycles.